The normalized spacial score (nSPS) is 16.1. The Balaban J connectivity index is 2.05. The van der Waals surface area contributed by atoms with Gasteiger partial charge in [-0.2, -0.15) is 0 Å². The highest BCUT2D eigenvalue weighted by Crippen LogP contribution is 2.29. The van der Waals surface area contributed by atoms with Crippen LogP contribution in [0.1, 0.15) is 29.6 Å². The molecule has 0 atom stereocenters. The zero-order valence-corrected chi connectivity index (χ0v) is 11.5. The zero-order chi connectivity index (χ0) is 13.7. The lowest BCUT2D eigenvalue weighted by atomic mass is 9.92. The van der Waals surface area contributed by atoms with Gasteiger partial charge in [-0.1, -0.05) is 0 Å². The fourth-order valence-corrected chi connectivity index (χ4v) is 2.34. The van der Waals surface area contributed by atoms with Crippen LogP contribution >= 0.6 is 0 Å². The number of methoxy groups -OCH3 is 2. The van der Waals surface area contributed by atoms with E-state index in [1.165, 1.54) is 0 Å². The van der Waals surface area contributed by atoms with Crippen LogP contribution in [0.2, 0.25) is 0 Å². The molecule has 0 aromatic heterocycles. The molecule has 0 unspecified atom stereocenters. The molecule has 0 spiro atoms. The number of hydrogen-bond donors (Lipinski definition) is 0. The van der Waals surface area contributed by atoms with Gasteiger partial charge in [0, 0.05) is 25.2 Å². The van der Waals surface area contributed by atoms with Crippen molar-refractivity contribution in [2.24, 2.45) is 5.92 Å². The summed E-state index contributed by atoms with van der Waals surface area (Å²) >= 11 is 0. The van der Waals surface area contributed by atoms with Crippen molar-refractivity contribution in [1.82, 2.24) is 0 Å². The van der Waals surface area contributed by atoms with E-state index >= 15 is 0 Å². The van der Waals surface area contributed by atoms with Crippen LogP contribution in [0.15, 0.2) is 18.2 Å². The standard InChI is InChI=1S/C15H20O4/c1-17-14-4-3-12(10-15(14)18-2)13(16)9-11-5-7-19-8-6-11/h3-4,10-11H,5-9H2,1-2H3. The topological polar surface area (TPSA) is 44.8 Å². The first kappa shape index (κ1) is 13.9. The van der Waals surface area contributed by atoms with E-state index in [1.54, 1.807) is 32.4 Å². The minimum Gasteiger partial charge on any atom is -0.493 e. The van der Waals surface area contributed by atoms with Crippen LogP contribution in [-0.2, 0) is 4.74 Å². The quantitative estimate of drug-likeness (QED) is 0.767. The molecule has 1 aliphatic rings. The third-order valence-electron chi connectivity index (χ3n) is 3.52. The van der Waals surface area contributed by atoms with E-state index in [0.717, 1.165) is 26.1 Å². The van der Waals surface area contributed by atoms with Gasteiger partial charge in [-0.15, -0.1) is 0 Å². The average Bonchev–Trinajstić information content (AvgIpc) is 2.47. The Kier molecular flexibility index (Phi) is 4.80. The van der Waals surface area contributed by atoms with E-state index in [4.69, 9.17) is 14.2 Å². The van der Waals surface area contributed by atoms with Crippen molar-refractivity contribution in [3.8, 4) is 11.5 Å². The van der Waals surface area contributed by atoms with Gasteiger partial charge in [0.15, 0.2) is 17.3 Å². The summed E-state index contributed by atoms with van der Waals surface area (Å²) < 4.78 is 15.7. The summed E-state index contributed by atoms with van der Waals surface area (Å²) in [6.45, 7) is 1.54. The van der Waals surface area contributed by atoms with Crippen molar-refractivity contribution >= 4 is 5.78 Å². The largest absolute Gasteiger partial charge is 0.493 e. The molecule has 0 aliphatic carbocycles. The van der Waals surface area contributed by atoms with Gasteiger partial charge in [0.1, 0.15) is 0 Å². The molecule has 0 N–H and O–H groups in total. The number of hydrogen-bond acceptors (Lipinski definition) is 4. The molecule has 19 heavy (non-hydrogen) atoms. The smallest absolute Gasteiger partial charge is 0.163 e. The van der Waals surface area contributed by atoms with Gasteiger partial charge in [-0.25, -0.2) is 0 Å². The second-order valence-electron chi connectivity index (χ2n) is 4.75. The maximum Gasteiger partial charge on any atom is 0.163 e. The maximum atomic E-state index is 12.2. The van der Waals surface area contributed by atoms with Crippen molar-refractivity contribution in [1.29, 1.82) is 0 Å². The minimum absolute atomic E-state index is 0.160. The first-order valence-electron chi connectivity index (χ1n) is 6.57. The molecule has 0 radical (unpaired) electrons. The molecule has 1 aromatic rings. The van der Waals surface area contributed by atoms with Gasteiger partial charge in [0.25, 0.3) is 0 Å². The summed E-state index contributed by atoms with van der Waals surface area (Å²) in [6, 6.07) is 5.32. The third kappa shape index (κ3) is 3.47. The van der Waals surface area contributed by atoms with Gasteiger partial charge in [0.2, 0.25) is 0 Å². The van der Waals surface area contributed by atoms with Crippen LogP contribution in [0.4, 0.5) is 0 Å². The number of carbonyl (C=O) groups is 1. The average molecular weight is 264 g/mol. The molecule has 104 valence electrons. The molecule has 0 bridgehead atoms. The lowest BCUT2D eigenvalue weighted by Crippen LogP contribution is -2.18. The predicted octanol–water partition coefficient (Wildman–Crippen LogP) is 2.70. The number of benzene rings is 1. The van der Waals surface area contributed by atoms with E-state index in [0.29, 0.717) is 29.4 Å². The maximum absolute atomic E-state index is 12.2. The van der Waals surface area contributed by atoms with Gasteiger partial charge in [-0.05, 0) is 37.0 Å². The van der Waals surface area contributed by atoms with Gasteiger partial charge in [0.05, 0.1) is 14.2 Å². The summed E-state index contributed by atoms with van der Waals surface area (Å²) in [7, 11) is 3.16. The first-order chi connectivity index (χ1) is 9.24. The van der Waals surface area contributed by atoms with E-state index in [2.05, 4.69) is 0 Å². The molecule has 0 saturated carbocycles. The van der Waals surface area contributed by atoms with E-state index < -0.39 is 0 Å². The molecule has 2 rings (SSSR count). The number of Topliss-reactive ketones (excluding diaryl/α,β-unsaturated/α-hetero) is 1. The van der Waals surface area contributed by atoms with E-state index in [9.17, 15) is 4.79 Å². The molecule has 1 saturated heterocycles. The van der Waals surface area contributed by atoms with Gasteiger partial charge >= 0.3 is 0 Å². The second kappa shape index (κ2) is 6.57. The second-order valence-corrected chi connectivity index (χ2v) is 4.75. The fourth-order valence-electron chi connectivity index (χ4n) is 2.34. The molecular weight excluding hydrogens is 244 g/mol. The first-order valence-corrected chi connectivity index (χ1v) is 6.57. The summed E-state index contributed by atoms with van der Waals surface area (Å²) in [5.41, 5.74) is 0.684. The predicted molar refractivity (Wildman–Crippen MR) is 72.0 cm³/mol. The van der Waals surface area contributed by atoms with Crippen molar-refractivity contribution < 1.29 is 19.0 Å². The van der Waals surface area contributed by atoms with Gasteiger partial charge in [-0.3, -0.25) is 4.79 Å². The van der Waals surface area contributed by atoms with Crippen LogP contribution in [0, 0.1) is 5.92 Å². The molecule has 1 aromatic carbocycles. The van der Waals surface area contributed by atoms with Crippen LogP contribution in [0.5, 0.6) is 11.5 Å². The Morgan fingerprint density at radius 1 is 1.21 bits per heavy atom. The monoisotopic (exact) mass is 264 g/mol. The van der Waals surface area contributed by atoms with Crippen LogP contribution in [-0.4, -0.2) is 33.2 Å². The Morgan fingerprint density at radius 2 is 1.89 bits per heavy atom. The van der Waals surface area contributed by atoms with Crippen LogP contribution in [0.25, 0.3) is 0 Å². The number of ketones is 1. The molecule has 0 amide bonds. The highest BCUT2D eigenvalue weighted by molar-refractivity contribution is 5.96. The van der Waals surface area contributed by atoms with E-state index in [1.807, 2.05) is 0 Å². The van der Waals surface area contributed by atoms with Crippen molar-refractivity contribution in [2.45, 2.75) is 19.3 Å². The van der Waals surface area contributed by atoms with E-state index in [-0.39, 0.29) is 5.78 Å². The van der Waals surface area contributed by atoms with Crippen molar-refractivity contribution in [2.75, 3.05) is 27.4 Å². The SMILES string of the molecule is COc1ccc(C(=O)CC2CCOCC2)cc1OC. The fraction of sp³-hybridized carbons (Fsp3) is 0.533. The Hall–Kier alpha value is -1.55. The van der Waals surface area contributed by atoms with Gasteiger partial charge < -0.3 is 14.2 Å². The summed E-state index contributed by atoms with van der Waals surface area (Å²) in [5.74, 6) is 1.84. The molecule has 1 aliphatic heterocycles. The number of carbonyl (C=O) groups excluding carboxylic acids is 1. The lowest BCUT2D eigenvalue weighted by Gasteiger charge is -2.21. The summed E-state index contributed by atoms with van der Waals surface area (Å²) in [6.07, 6.45) is 2.52. The molecule has 1 fully saturated rings. The zero-order valence-electron chi connectivity index (χ0n) is 11.5. The van der Waals surface area contributed by atoms with Crippen molar-refractivity contribution in [3.63, 3.8) is 0 Å². The summed E-state index contributed by atoms with van der Waals surface area (Å²) in [5, 5.41) is 0. The van der Waals surface area contributed by atoms with Crippen LogP contribution in [0.3, 0.4) is 0 Å². The third-order valence-corrected chi connectivity index (χ3v) is 3.52. The molecule has 1 heterocycles. The Labute approximate surface area is 113 Å². The summed E-state index contributed by atoms with van der Waals surface area (Å²) in [4.78, 5) is 12.2. The number of ether oxygens (including phenoxy) is 3. The molecule has 4 nitrogen and oxygen atoms in total. The Bertz CT molecular complexity index is 436. The lowest BCUT2D eigenvalue weighted by molar-refractivity contribution is 0.0601. The minimum atomic E-state index is 0.160. The van der Waals surface area contributed by atoms with Crippen LogP contribution < -0.4 is 9.47 Å². The molecule has 4 heteroatoms. The highest BCUT2D eigenvalue weighted by Gasteiger charge is 2.19. The Morgan fingerprint density at radius 3 is 2.53 bits per heavy atom. The highest BCUT2D eigenvalue weighted by atomic mass is 16.5. The molecular formula is C15H20O4. The van der Waals surface area contributed by atoms with Crippen molar-refractivity contribution in [3.05, 3.63) is 23.8 Å². The number of rotatable bonds is 5.